The van der Waals surface area contributed by atoms with Crippen LogP contribution in [0.15, 0.2) is 45.8 Å². The maximum atomic E-state index is 13.6. The minimum atomic E-state index is -0.807. The highest BCUT2D eigenvalue weighted by molar-refractivity contribution is 5.87. The van der Waals surface area contributed by atoms with Crippen molar-refractivity contribution in [1.29, 1.82) is 0 Å². The molecule has 5 aliphatic rings. The van der Waals surface area contributed by atoms with Crippen LogP contribution in [-0.4, -0.2) is 59.3 Å². The molecule has 1 unspecified atom stereocenters. The molecule has 3 saturated carbocycles. The van der Waals surface area contributed by atoms with Gasteiger partial charge in [-0.3, -0.25) is 4.79 Å². The summed E-state index contributed by atoms with van der Waals surface area (Å²) >= 11 is 0. The number of furan rings is 1. The standard InChI is InChI=1S/C34H46O8/c1-8-17(2)31(38)42-30-28-29-32(5,16-40-28)26(41-19(4)35)14-25(37)33(29,6)24-13-22(36)11-21-12-23(20-9-10-39-15-20)18(3)27(21)34(24,30)7/h8-10,15,21-26,28-30,36-37H,11-14,16H2,1-7H3/b17-8+/t21-,22?,23+,24+,25-,26+,28+,29-,30+,32+,33-,34+/m0/s1. The molecule has 8 nitrogen and oxygen atoms in total. The Kier molecular flexibility index (Phi) is 7.10. The molecular formula is C34H46O8. The molecular weight excluding hydrogens is 536 g/mol. The van der Waals surface area contributed by atoms with Crippen LogP contribution < -0.4 is 0 Å². The van der Waals surface area contributed by atoms with E-state index >= 15 is 0 Å². The Morgan fingerprint density at radius 3 is 2.45 bits per heavy atom. The van der Waals surface area contributed by atoms with E-state index in [1.165, 1.54) is 18.1 Å². The summed E-state index contributed by atoms with van der Waals surface area (Å²) in [6.07, 6.45) is 4.37. The highest BCUT2D eigenvalue weighted by Crippen LogP contribution is 2.73. The Labute approximate surface area is 248 Å². The number of carbonyl (C=O) groups is 2. The number of hydrogen-bond donors (Lipinski definition) is 2. The summed E-state index contributed by atoms with van der Waals surface area (Å²) in [5.74, 6) is -1.06. The first-order chi connectivity index (χ1) is 19.8. The van der Waals surface area contributed by atoms with Gasteiger partial charge in [-0.15, -0.1) is 0 Å². The van der Waals surface area contributed by atoms with Crippen LogP contribution in [0.4, 0.5) is 0 Å². The maximum absolute atomic E-state index is 13.6. The molecule has 8 heteroatoms. The third kappa shape index (κ3) is 3.97. The number of aliphatic hydroxyl groups is 2. The topological polar surface area (TPSA) is 115 Å². The Balaban J connectivity index is 1.58. The van der Waals surface area contributed by atoms with Crippen molar-refractivity contribution in [3.05, 3.63) is 47.0 Å². The van der Waals surface area contributed by atoms with Crippen molar-refractivity contribution < 1.29 is 38.4 Å². The van der Waals surface area contributed by atoms with Crippen LogP contribution in [0.25, 0.3) is 0 Å². The summed E-state index contributed by atoms with van der Waals surface area (Å²) in [5.41, 5.74) is 2.05. The average Bonchev–Trinajstić information content (AvgIpc) is 3.64. The maximum Gasteiger partial charge on any atom is 0.333 e. The number of fused-ring (bicyclic) bond motifs is 4. The molecule has 1 aromatic heterocycles. The van der Waals surface area contributed by atoms with Gasteiger partial charge < -0.3 is 28.8 Å². The van der Waals surface area contributed by atoms with E-state index in [9.17, 15) is 19.8 Å². The van der Waals surface area contributed by atoms with Crippen molar-refractivity contribution in [2.24, 2.45) is 34.0 Å². The highest BCUT2D eigenvalue weighted by atomic mass is 16.6. The molecule has 12 atom stereocenters. The second-order valence-corrected chi connectivity index (χ2v) is 14.4. The number of hydrogen-bond acceptors (Lipinski definition) is 8. The predicted molar refractivity (Wildman–Crippen MR) is 154 cm³/mol. The van der Waals surface area contributed by atoms with Gasteiger partial charge in [0.05, 0.1) is 37.4 Å². The largest absolute Gasteiger partial charge is 0.472 e. The molecule has 0 radical (unpaired) electrons. The summed E-state index contributed by atoms with van der Waals surface area (Å²) in [4.78, 5) is 25.7. The van der Waals surface area contributed by atoms with E-state index in [1.54, 1.807) is 25.5 Å². The van der Waals surface area contributed by atoms with Crippen LogP contribution in [0.1, 0.15) is 85.6 Å². The summed E-state index contributed by atoms with van der Waals surface area (Å²) < 4.78 is 24.6. The number of ether oxygens (including phenoxy) is 3. The molecule has 0 bridgehead atoms. The molecule has 1 saturated heterocycles. The average molecular weight is 583 g/mol. The molecule has 4 aliphatic carbocycles. The van der Waals surface area contributed by atoms with Crippen LogP contribution in [0.5, 0.6) is 0 Å². The molecule has 4 fully saturated rings. The smallest absolute Gasteiger partial charge is 0.333 e. The van der Waals surface area contributed by atoms with Crippen molar-refractivity contribution in [1.82, 2.24) is 0 Å². The van der Waals surface area contributed by atoms with Gasteiger partial charge in [-0.25, -0.2) is 4.79 Å². The Bertz CT molecular complexity index is 1310. The minimum Gasteiger partial charge on any atom is -0.472 e. The van der Waals surface area contributed by atoms with Crippen molar-refractivity contribution in [3.63, 3.8) is 0 Å². The van der Waals surface area contributed by atoms with Crippen molar-refractivity contribution in [2.75, 3.05) is 6.61 Å². The lowest BCUT2D eigenvalue weighted by Gasteiger charge is -2.66. The zero-order valence-corrected chi connectivity index (χ0v) is 25.9. The third-order valence-electron chi connectivity index (χ3n) is 12.3. The van der Waals surface area contributed by atoms with Gasteiger partial charge >= 0.3 is 11.9 Å². The van der Waals surface area contributed by atoms with E-state index < -0.39 is 52.7 Å². The molecule has 42 heavy (non-hydrogen) atoms. The fraction of sp³-hybridized carbons (Fsp3) is 0.706. The van der Waals surface area contributed by atoms with Crippen LogP contribution in [0.3, 0.4) is 0 Å². The quantitative estimate of drug-likeness (QED) is 0.287. The minimum absolute atomic E-state index is 0.0846. The van der Waals surface area contributed by atoms with Gasteiger partial charge in [-0.2, -0.15) is 0 Å². The SMILES string of the molecule is C/C=C(\C)C(=O)O[C@@H]1[C@@H]2OC[C@]3(C)[C@H](OC(C)=O)C[C@H](O)[C@@](C)([C@@H]23)[C@H]2CC(O)C[C@H]3C[C@@H](c4ccoc4)C(C)=C3[C@]12C. The van der Waals surface area contributed by atoms with Gasteiger partial charge in [0, 0.05) is 47.0 Å². The second-order valence-electron chi connectivity index (χ2n) is 14.4. The Morgan fingerprint density at radius 2 is 1.81 bits per heavy atom. The first kappa shape index (κ1) is 29.6. The van der Waals surface area contributed by atoms with Crippen LogP contribution >= 0.6 is 0 Å². The van der Waals surface area contributed by atoms with Gasteiger partial charge in [0.25, 0.3) is 0 Å². The summed E-state index contributed by atoms with van der Waals surface area (Å²) in [6.45, 7) is 13.9. The van der Waals surface area contributed by atoms with E-state index in [0.29, 0.717) is 31.4 Å². The number of allylic oxidation sites excluding steroid dienone is 2. The normalized spacial score (nSPS) is 46.4. The van der Waals surface area contributed by atoms with Gasteiger partial charge in [0.2, 0.25) is 0 Å². The van der Waals surface area contributed by atoms with E-state index in [-0.39, 0.29) is 29.6 Å². The lowest BCUT2D eigenvalue weighted by molar-refractivity contribution is -0.256. The molecule has 2 N–H and O–H groups in total. The Hall–Kier alpha value is -2.42. The highest BCUT2D eigenvalue weighted by Gasteiger charge is 2.76. The van der Waals surface area contributed by atoms with Crippen molar-refractivity contribution >= 4 is 11.9 Å². The zero-order valence-electron chi connectivity index (χ0n) is 25.9. The lowest BCUT2D eigenvalue weighted by Crippen LogP contribution is -2.71. The Morgan fingerprint density at radius 1 is 1.07 bits per heavy atom. The summed E-state index contributed by atoms with van der Waals surface area (Å²) in [7, 11) is 0. The molecule has 230 valence electrons. The van der Waals surface area contributed by atoms with Gasteiger partial charge in [0.15, 0.2) is 0 Å². The van der Waals surface area contributed by atoms with E-state index in [0.717, 1.165) is 12.0 Å². The monoisotopic (exact) mass is 582 g/mol. The number of carbonyl (C=O) groups excluding carboxylic acids is 2. The predicted octanol–water partition coefficient (Wildman–Crippen LogP) is 5.09. The third-order valence-corrected chi connectivity index (χ3v) is 12.3. The number of rotatable bonds is 4. The zero-order chi connectivity index (χ0) is 30.4. The second kappa shape index (κ2) is 10.1. The molecule has 1 aliphatic heterocycles. The van der Waals surface area contributed by atoms with Crippen LogP contribution in [-0.2, 0) is 23.8 Å². The van der Waals surface area contributed by atoms with E-state index in [1.807, 2.05) is 13.0 Å². The number of esters is 2. The van der Waals surface area contributed by atoms with Crippen LogP contribution in [0, 0.1) is 34.0 Å². The molecule has 2 heterocycles. The fourth-order valence-corrected chi connectivity index (χ4v) is 10.5. The van der Waals surface area contributed by atoms with Gasteiger partial charge in [0.1, 0.15) is 12.2 Å². The molecule has 0 amide bonds. The summed E-state index contributed by atoms with van der Waals surface area (Å²) in [5, 5.41) is 23.7. The van der Waals surface area contributed by atoms with Gasteiger partial charge in [-0.1, -0.05) is 38.0 Å². The van der Waals surface area contributed by atoms with Crippen molar-refractivity contribution in [3.8, 4) is 0 Å². The van der Waals surface area contributed by atoms with E-state index in [2.05, 4.69) is 27.7 Å². The van der Waals surface area contributed by atoms with Gasteiger partial charge in [-0.05, 0) is 63.5 Å². The fourth-order valence-electron chi connectivity index (χ4n) is 10.5. The molecule has 6 rings (SSSR count). The summed E-state index contributed by atoms with van der Waals surface area (Å²) in [6, 6.07) is 2.01. The molecule has 1 aromatic rings. The first-order valence-corrected chi connectivity index (χ1v) is 15.5. The van der Waals surface area contributed by atoms with Crippen molar-refractivity contribution in [2.45, 2.75) is 111 Å². The number of aliphatic hydroxyl groups excluding tert-OH is 2. The first-order valence-electron chi connectivity index (χ1n) is 15.5. The lowest BCUT2D eigenvalue weighted by atomic mass is 9.39. The molecule has 0 aromatic carbocycles. The van der Waals surface area contributed by atoms with Crippen LogP contribution in [0.2, 0.25) is 0 Å². The van der Waals surface area contributed by atoms with E-state index in [4.69, 9.17) is 18.6 Å². The molecule has 0 spiro atoms.